The SMILES string of the molecule is CC1(C)c2ccccc2-c2ccc(N(c3cccc(-c4ccccc4)c3)c3ccc4c(c3)-c3cc(-c5ccccc5)ccc3C43C4CC5CC(C4)CC3C5)cc21. The molecule has 56 heavy (non-hydrogen) atoms. The second-order valence-electron chi connectivity index (χ2n) is 18.2. The zero-order chi connectivity index (χ0) is 37.2. The molecule has 0 aliphatic heterocycles. The van der Waals surface area contributed by atoms with Crippen molar-refractivity contribution in [3.8, 4) is 44.5 Å². The van der Waals surface area contributed by atoms with Gasteiger partial charge in [0.1, 0.15) is 0 Å². The summed E-state index contributed by atoms with van der Waals surface area (Å²) in [6.07, 6.45) is 7.02. The summed E-state index contributed by atoms with van der Waals surface area (Å²) in [6, 6.07) is 62.4. The minimum atomic E-state index is -0.0872. The Morgan fingerprint density at radius 1 is 0.375 bits per heavy atom. The maximum Gasteiger partial charge on any atom is 0.0468 e. The fourth-order valence-corrected chi connectivity index (χ4v) is 12.9. The fourth-order valence-electron chi connectivity index (χ4n) is 12.9. The standard InChI is InChI=1S/C55H47N/c1-54(2)50-19-10-9-18-46(50)47-23-21-45(34-53(47)54)56(43-17-11-16-39(31-43)37-12-5-3-6-13-37)44-22-25-52-49(33-44)48-32-40(38-14-7-4-8-15-38)20-24-51(48)55(52)41-27-35-26-36(29-41)30-42(55)28-35/h3-25,31-36,41-42H,26-30H2,1-2H3. The summed E-state index contributed by atoms with van der Waals surface area (Å²) < 4.78 is 0. The van der Waals surface area contributed by atoms with Gasteiger partial charge in [0.2, 0.25) is 0 Å². The van der Waals surface area contributed by atoms with Crippen molar-refractivity contribution < 1.29 is 0 Å². The van der Waals surface area contributed by atoms with Gasteiger partial charge in [0, 0.05) is 27.9 Å². The van der Waals surface area contributed by atoms with Crippen LogP contribution in [0.1, 0.15) is 68.2 Å². The van der Waals surface area contributed by atoms with Gasteiger partial charge in [-0.15, -0.1) is 0 Å². The lowest BCUT2D eigenvalue weighted by atomic mass is 9.43. The third kappa shape index (κ3) is 4.55. The van der Waals surface area contributed by atoms with Gasteiger partial charge in [-0.25, -0.2) is 0 Å². The molecule has 272 valence electrons. The molecule has 0 atom stereocenters. The van der Waals surface area contributed by atoms with Crippen molar-refractivity contribution in [1.82, 2.24) is 0 Å². The van der Waals surface area contributed by atoms with Crippen LogP contribution in [0.4, 0.5) is 17.1 Å². The van der Waals surface area contributed by atoms with Crippen molar-refractivity contribution in [2.45, 2.75) is 56.8 Å². The van der Waals surface area contributed by atoms with Crippen LogP contribution in [0.2, 0.25) is 0 Å². The van der Waals surface area contributed by atoms with Crippen LogP contribution in [0.5, 0.6) is 0 Å². The third-order valence-electron chi connectivity index (χ3n) is 15.0. The molecule has 6 aliphatic carbocycles. The second kappa shape index (κ2) is 11.9. The van der Waals surface area contributed by atoms with E-state index in [-0.39, 0.29) is 10.8 Å². The quantitative estimate of drug-likeness (QED) is 0.171. The summed E-state index contributed by atoms with van der Waals surface area (Å²) in [5.41, 5.74) is 20.3. The highest BCUT2D eigenvalue weighted by Crippen LogP contribution is 2.70. The summed E-state index contributed by atoms with van der Waals surface area (Å²) in [6.45, 7) is 4.78. The molecule has 4 bridgehead atoms. The molecule has 7 aromatic rings. The van der Waals surface area contributed by atoms with Gasteiger partial charge in [0.15, 0.2) is 0 Å². The largest absolute Gasteiger partial charge is 0.310 e. The molecule has 0 unspecified atom stereocenters. The van der Waals surface area contributed by atoms with Gasteiger partial charge in [-0.2, -0.15) is 0 Å². The topological polar surface area (TPSA) is 3.24 Å². The zero-order valence-electron chi connectivity index (χ0n) is 32.4. The highest BCUT2D eigenvalue weighted by atomic mass is 15.1. The van der Waals surface area contributed by atoms with Crippen LogP contribution in [-0.2, 0) is 10.8 Å². The monoisotopic (exact) mass is 721 g/mol. The summed E-state index contributed by atoms with van der Waals surface area (Å²) in [5, 5.41) is 0. The first-order valence-electron chi connectivity index (χ1n) is 21.0. The normalized spacial score (nSPS) is 24.1. The van der Waals surface area contributed by atoms with Crippen molar-refractivity contribution in [2.24, 2.45) is 23.7 Å². The van der Waals surface area contributed by atoms with E-state index in [4.69, 9.17) is 0 Å². The average Bonchev–Trinajstić information content (AvgIpc) is 3.65. The Morgan fingerprint density at radius 2 is 0.911 bits per heavy atom. The van der Waals surface area contributed by atoms with Crippen LogP contribution >= 0.6 is 0 Å². The highest BCUT2D eigenvalue weighted by molar-refractivity contribution is 5.91. The van der Waals surface area contributed by atoms with E-state index in [0.29, 0.717) is 0 Å². The Morgan fingerprint density at radius 3 is 1.62 bits per heavy atom. The number of benzene rings is 7. The highest BCUT2D eigenvalue weighted by Gasteiger charge is 2.61. The third-order valence-corrected chi connectivity index (χ3v) is 15.0. The second-order valence-corrected chi connectivity index (χ2v) is 18.2. The van der Waals surface area contributed by atoms with Crippen LogP contribution in [0.25, 0.3) is 44.5 Å². The number of rotatable bonds is 5. The Balaban J connectivity index is 1.07. The van der Waals surface area contributed by atoms with E-state index in [9.17, 15) is 0 Å². The lowest BCUT2D eigenvalue weighted by molar-refractivity contribution is -0.0399. The van der Waals surface area contributed by atoms with Crippen LogP contribution in [0.15, 0.2) is 164 Å². The molecule has 4 saturated carbocycles. The van der Waals surface area contributed by atoms with E-state index in [1.807, 2.05) is 0 Å². The van der Waals surface area contributed by atoms with Gasteiger partial charge in [-0.3, -0.25) is 0 Å². The molecule has 0 aromatic heterocycles. The van der Waals surface area contributed by atoms with E-state index in [1.165, 1.54) is 105 Å². The maximum atomic E-state index is 2.58. The average molecular weight is 722 g/mol. The van der Waals surface area contributed by atoms with E-state index in [0.717, 1.165) is 23.7 Å². The number of fused-ring (bicyclic) bond motifs is 6. The maximum absolute atomic E-state index is 2.58. The minimum Gasteiger partial charge on any atom is -0.310 e. The number of anilines is 3. The predicted octanol–water partition coefficient (Wildman–Crippen LogP) is 14.5. The van der Waals surface area contributed by atoms with Gasteiger partial charge in [0.05, 0.1) is 0 Å². The molecule has 0 heterocycles. The van der Waals surface area contributed by atoms with Gasteiger partial charge in [0.25, 0.3) is 0 Å². The molecule has 1 heteroatoms. The lowest BCUT2D eigenvalue weighted by Gasteiger charge is -2.61. The number of nitrogens with zero attached hydrogens (tertiary/aromatic N) is 1. The smallest absolute Gasteiger partial charge is 0.0468 e. The van der Waals surface area contributed by atoms with Crippen LogP contribution in [0.3, 0.4) is 0 Å². The van der Waals surface area contributed by atoms with Gasteiger partial charge in [-0.1, -0.05) is 135 Å². The molecule has 0 amide bonds. The van der Waals surface area contributed by atoms with Gasteiger partial charge in [-0.05, 0) is 165 Å². The fraction of sp³-hybridized carbons (Fsp3) is 0.236. The Hall–Kier alpha value is -5.66. The number of hydrogen-bond acceptors (Lipinski definition) is 1. The molecule has 1 nitrogen and oxygen atoms in total. The molecule has 0 radical (unpaired) electrons. The molecule has 1 spiro atoms. The Labute approximate surface area is 331 Å². The summed E-state index contributed by atoms with van der Waals surface area (Å²) in [7, 11) is 0. The van der Waals surface area contributed by atoms with Gasteiger partial charge < -0.3 is 4.90 Å². The first-order valence-corrected chi connectivity index (χ1v) is 21.0. The molecule has 0 saturated heterocycles. The van der Waals surface area contributed by atoms with Crippen molar-refractivity contribution in [1.29, 1.82) is 0 Å². The Kier molecular flexibility index (Phi) is 6.93. The molecule has 0 N–H and O–H groups in total. The van der Waals surface area contributed by atoms with Crippen molar-refractivity contribution >= 4 is 17.1 Å². The summed E-state index contributed by atoms with van der Waals surface area (Å²) >= 11 is 0. The van der Waals surface area contributed by atoms with Crippen LogP contribution in [0, 0.1) is 23.7 Å². The van der Waals surface area contributed by atoms with Crippen LogP contribution in [-0.4, -0.2) is 0 Å². The van der Waals surface area contributed by atoms with Crippen LogP contribution < -0.4 is 4.90 Å². The van der Waals surface area contributed by atoms with E-state index < -0.39 is 0 Å². The molecule has 6 aliphatic rings. The zero-order valence-corrected chi connectivity index (χ0v) is 32.4. The van der Waals surface area contributed by atoms with E-state index in [2.05, 4.69) is 183 Å². The molecule has 4 fully saturated rings. The van der Waals surface area contributed by atoms with Gasteiger partial charge >= 0.3 is 0 Å². The first kappa shape index (κ1) is 32.6. The number of hydrogen-bond donors (Lipinski definition) is 0. The molecular weight excluding hydrogens is 675 g/mol. The minimum absolute atomic E-state index is 0.0872. The van der Waals surface area contributed by atoms with E-state index >= 15 is 0 Å². The Bertz CT molecular complexity index is 2660. The van der Waals surface area contributed by atoms with Crippen molar-refractivity contribution in [2.75, 3.05) is 4.90 Å². The first-order chi connectivity index (χ1) is 27.5. The van der Waals surface area contributed by atoms with Crippen molar-refractivity contribution in [3.05, 3.63) is 186 Å². The molecule has 13 rings (SSSR count). The summed E-state index contributed by atoms with van der Waals surface area (Å²) in [5.74, 6) is 3.29. The molecular formula is C55H47N. The molecule has 7 aromatic carbocycles. The summed E-state index contributed by atoms with van der Waals surface area (Å²) in [4.78, 5) is 2.54. The predicted molar refractivity (Wildman–Crippen MR) is 233 cm³/mol. The lowest BCUT2D eigenvalue weighted by Crippen LogP contribution is -2.55. The van der Waals surface area contributed by atoms with Crippen molar-refractivity contribution in [3.63, 3.8) is 0 Å². The van der Waals surface area contributed by atoms with E-state index in [1.54, 1.807) is 11.1 Å².